The second-order valence-corrected chi connectivity index (χ2v) is 17.5. The van der Waals surface area contributed by atoms with Gasteiger partial charge in [0, 0.05) is 22.4 Å². The monoisotopic (exact) mass is 866 g/mol. The molecular formula is C64H42N4. The summed E-state index contributed by atoms with van der Waals surface area (Å²) < 4.78 is 0. The summed E-state index contributed by atoms with van der Waals surface area (Å²) in [5.74, 6) is 1.88. The summed E-state index contributed by atoms with van der Waals surface area (Å²) in [6, 6.07) is 91.3. The summed E-state index contributed by atoms with van der Waals surface area (Å²) >= 11 is 0. The Hall–Kier alpha value is -8.99. The van der Waals surface area contributed by atoms with Gasteiger partial charge in [-0.25, -0.2) is 15.0 Å². The number of anilines is 3. The molecule has 0 unspecified atom stereocenters. The van der Waals surface area contributed by atoms with E-state index in [0.29, 0.717) is 17.5 Å². The Bertz CT molecular complexity index is 3610. The van der Waals surface area contributed by atoms with E-state index in [-0.39, 0.29) is 0 Å². The van der Waals surface area contributed by atoms with Crippen molar-refractivity contribution in [3.63, 3.8) is 0 Å². The van der Waals surface area contributed by atoms with Crippen molar-refractivity contribution in [3.05, 3.63) is 277 Å². The lowest BCUT2D eigenvalue weighted by Gasteiger charge is -2.45. The van der Waals surface area contributed by atoms with Crippen LogP contribution in [0.25, 0.3) is 78.7 Å². The molecule has 1 aromatic heterocycles. The Morgan fingerprint density at radius 1 is 0.250 bits per heavy atom. The van der Waals surface area contributed by atoms with E-state index in [0.717, 1.165) is 44.6 Å². The van der Waals surface area contributed by atoms with Crippen LogP contribution in [-0.4, -0.2) is 15.0 Å². The first-order valence-corrected chi connectivity index (χ1v) is 23.2. The van der Waals surface area contributed by atoms with Crippen LogP contribution in [0, 0.1) is 0 Å². The molecule has 0 amide bonds. The predicted molar refractivity (Wildman–Crippen MR) is 278 cm³/mol. The van der Waals surface area contributed by atoms with Gasteiger partial charge in [-0.2, -0.15) is 0 Å². The molecule has 0 N–H and O–H groups in total. The molecule has 1 aliphatic heterocycles. The Morgan fingerprint density at radius 3 is 1.24 bits per heavy atom. The maximum absolute atomic E-state index is 5.19. The minimum absolute atomic E-state index is 0.549. The van der Waals surface area contributed by atoms with Crippen molar-refractivity contribution in [3.8, 4) is 78.7 Å². The van der Waals surface area contributed by atoms with E-state index < -0.39 is 5.41 Å². The second kappa shape index (κ2) is 16.2. The van der Waals surface area contributed by atoms with Crippen molar-refractivity contribution in [2.75, 3.05) is 4.90 Å². The van der Waals surface area contributed by atoms with Crippen LogP contribution in [0.4, 0.5) is 17.1 Å². The number of para-hydroxylation sites is 3. The standard InChI is InChI=1S/C64H42N4/c1-4-17-43(18-5-1)44-31-33-45(34-32-44)46-35-37-48(38-36-46)62-65-61(47-19-6-2-7-20-47)66-63(67-62)51-22-16-21-49(41-51)50-39-40-54-53-25-10-11-26-55(53)64(58(54)42-50)56-27-12-14-29-59(56)68(52-23-8-3-9-24-52)60-30-15-13-28-57(60)64/h1-42H. The van der Waals surface area contributed by atoms with E-state index in [1.165, 1.54) is 55.9 Å². The summed E-state index contributed by atoms with van der Waals surface area (Å²) in [5.41, 5.74) is 20.3. The van der Waals surface area contributed by atoms with E-state index in [4.69, 9.17) is 15.0 Å². The van der Waals surface area contributed by atoms with Gasteiger partial charge in [-0.1, -0.05) is 218 Å². The van der Waals surface area contributed by atoms with Crippen molar-refractivity contribution >= 4 is 17.1 Å². The molecule has 0 fully saturated rings. The number of hydrogen-bond donors (Lipinski definition) is 0. The molecule has 0 saturated heterocycles. The van der Waals surface area contributed by atoms with Gasteiger partial charge in [-0.3, -0.25) is 0 Å². The van der Waals surface area contributed by atoms with Crippen LogP contribution in [0.15, 0.2) is 255 Å². The van der Waals surface area contributed by atoms with Gasteiger partial charge < -0.3 is 4.90 Å². The van der Waals surface area contributed by atoms with E-state index in [9.17, 15) is 0 Å². The quantitative estimate of drug-likeness (QED) is 0.160. The number of aromatic nitrogens is 3. The third-order valence-electron chi connectivity index (χ3n) is 13.7. The molecule has 13 rings (SSSR count). The SMILES string of the molecule is c1ccc(-c2ccc(-c3ccc(-c4nc(-c5ccccc5)nc(-c5cccc(-c6ccc7c(c6)C6(c8ccccc8-7)c7ccccc7N(c7ccccc7)c7ccccc76)c5)n4)cc3)cc2)cc1. The zero-order valence-electron chi connectivity index (χ0n) is 37.0. The van der Waals surface area contributed by atoms with Gasteiger partial charge in [0.2, 0.25) is 0 Å². The fraction of sp³-hybridized carbons (Fsp3) is 0.0156. The average molecular weight is 867 g/mol. The third kappa shape index (κ3) is 6.41. The van der Waals surface area contributed by atoms with Gasteiger partial charge in [0.25, 0.3) is 0 Å². The number of fused-ring (bicyclic) bond motifs is 9. The van der Waals surface area contributed by atoms with Crippen LogP contribution >= 0.6 is 0 Å². The first kappa shape index (κ1) is 39.4. The molecule has 0 atom stereocenters. The Morgan fingerprint density at radius 2 is 0.632 bits per heavy atom. The van der Waals surface area contributed by atoms with Gasteiger partial charge in [0.1, 0.15) is 0 Å². The molecule has 1 aliphatic carbocycles. The molecule has 318 valence electrons. The summed E-state index contributed by atoms with van der Waals surface area (Å²) in [4.78, 5) is 17.8. The van der Waals surface area contributed by atoms with E-state index in [2.05, 4.69) is 235 Å². The molecule has 4 heteroatoms. The van der Waals surface area contributed by atoms with Crippen molar-refractivity contribution in [1.82, 2.24) is 15.0 Å². The molecule has 0 saturated carbocycles. The lowest BCUT2D eigenvalue weighted by atomic mass is 9.64. The Labute approximate surface area is 396 Å². The van der Waals surface area contributed by atoms with E-state index in [1.54, 1.807) is 0 Å². The number of rotatable bonds is 7. The first-order chi connectivity index (χ1) is 33.7. The molecule has 11 aromatic rings. The molecule has 2 aliphatic rings. The van der Waals surface area contributed by atoms with Gasteiger partial charge in [-0.05, 0) is 103 Å². The zero-order chi connectivity index (χ0) is 45.0. The molecular weight excluding hydrogens is 825 g/mol. The summed E-state index contributed by atoms with van der Waals surface area (Å²) in [6.45, 7) is 0. The van der Waals surface area contributed by atoms with Crippen LogP contribution in [0.2, 0.25) is 0 Å². The van der Waals surface area contributed by atoms with Crippen molar-refractivity contribution in [1.29, 1.82) is 0 Å². The Balaban J connectivity index is 0.914. The van der Waals surface area contributed by atoms with Gasteiger partial charge in [-0.15, -0.1) is 0 Å². The normalized spacial score (nSPS) is 12.8. The van der Waals surface area contributed by atoms with Gasteiger partial charge in [0.05, 0.1) is 16.8 Å². The van der Waals surface area contributed by atoms with Crippen LogP contribution in [0.1, 0.15) is 22.3 Å². The summed E-state index contributed by atoms with van der Waals surface area (Å²) in [5, 5.41) is 0. The fourth-order valence-electron chi connectivity index (χ4n) is 10.6. The smallest absolute Gasteiger partial charge is 0.164 e. The lowest BCUT2D eigenvalue weighted by molar-refractivity contribution is 0.753. The maximum Gasteiger partial charge on any atom is 0.164 e. The second-order valence-electron chi connectivity index (χ2n) is 17.5. The highest BCUT2D eigenvalue weighted by Crippen LogP contribution is 2.63. The van der Waals surface area contributed by atoms with Gasteiger partial charge in [0.15, 0.2) is 17.5 Å². The molecule has 2 heterocycles. The highest BCUT2D eigenvalue weighted by atomic mass is 15.2. The van der Waals surface area contributed by atoms with Crippen LogP contribution in [0.3, 0.4) is 0 Å². The Kier molecular flexibility index (Phi) is 9.36. The first-order valence-electron chi connectivity index (χ1n) is 23.2. The highest BCUT2D eigenvalue weighted by molar-refractivity contribution is 5.96. The van der Waals surface area contributed by atoms with Crippen molar-refractivity contribution < 1.29 is 0 Å². The predicted octanol–water partition coefficient (Wildman–Crippen LogP) is 16.0. The third-order valence-corrected chi connectivity index (χ3v) is 13.7. The van der Waals surface area contributed by atoms with E-state index >= 15 is 0 Å². The van der Waals surface area contributed by atoms with Crippen LogP contribution < -0.4 is 4.90 Å². The molecule has 0 bridgehead atoms. The summed E-state index contributed by atoms with van der Waals surface area (Å²) in [6.07, 6.45) is 0. The largest absolute Gasteiger partial charge is 0.310 e. The molecule has 68 heavy (non-hydrogen) atoms. The minimum Gasteiger partial charge on any atom is -0.310 e. The fourth-order valence-corrected chi connectivity index (χ4v) is 10.6. The van der Waals surface area contributed by atoms with Crippen LogP contribution in [0.5, 0.6) is 0 Å². The zero-order valence-corrected chi connectivity index (χ0v) is 37.0. The number of hydrogen-bond acceptors (Lipinski definition) is 4. The molecule has 1 spiro atoms. The minimum atomic E-state index is -0.549. The highest BCUT2D eigenvalue weighted by Gasteiger charge is 2.51. The summed E-state index contributed by atoms with van der Waals surface area (Å²) in [7, 11) is 0. The molecule has 10 aromatic carbocycles. The van der Waals surface area contributed by atoms with Crippen LogP contribution in [-0.2, 0) is 5.41 Å². The van der Waals surface area contributed by atoms with Crippen molar-refractivity contribution in [2.45, 2.75) is 5.41 Å². The maximum atomic E-state index is 5.19. The number of nitrogens with zero attached hydrogens (tertiary/aromatic N) is 4. The molecule has 4 nitrogen and oxygen atoms in total. The van der Waals surface area contributed by atoms with E-state index in [1.807, 2.05) is 24.3 Å². The van der Waals surface area contributed by atoms with Gasteiger partial charge >= 0.3 is 0 Å². The number of benzene rings is 10. The van der Waals surface area contributed by atoms with Crippen molar-refractivity contribution in [2.24, 2.45) is 0 Å². The topological polar surface area (TPSA) is 41.9 Å². The average Bonchev–Trinajstić information content (AvgIpc) is 3.71. The lowest BCUT2D eigenvalue weighted by Crippen LogP contribution is -2.36. The molecule has 0 radical (unpaired) electrons.